The van der Waals surface area contributed by atoms with Crippen LogP contribution in [0.15, 0.2) is 47.4 Å². The Kier molecular flexibility index (Phi) is 6.81. The van der Waals surface area contributed by atoms with E-state index in [4.69, 9.17) is 27.9 Å². The van der Waals surface area contributed by atoms with Gasteiger partial charge in [0, 0.05) is 27.6 Å². The number of benzene rings is 2. The Bertz CT molecular complexity index is 811. The van der Waals surface area contributed by atoms with Gasteiger partial charge in [-0.05, 0) is 30.3 Å². The average Bonchev–Trinajstić information content (AvgIpc) is 2.60. The molecule has 130 valence electrons. The molecule has 0 aliphatic heterocycles. The molecule has 0 aromatic heterocycles. The number of thioether (sulfide) groups is 1. The monoisotopic (exact) mass is 399 g/mol. The van der Waals surface area contributed by atoms with Crippen LogP contribution in [0.25, 0.3) is 0 Å². The number of ketones is 1. The largest absolute Gasteiger partial charge is 0.457 e. The molecule has 0 fully saturated rings. The lowest BCUT2D eigenvalue weighted by molar-refractivity contribution is -0.384. The van der Waals surface area contributed by atoms with Crippen molar-refractivity contribution in [2.24, 2.45) is 0 Å². The van der Waals surface area contributed by atoms with Crippen LogP contribution < -0.4 is 0 Å². The number of Topliss-reactive ketones (excluding diaryl/α,β-unsaturated/α-hetero) is 1. The van der Waals surface area contributed by atoms with Crippen molar-refractivity contribution in [2.45, 2.75) is 4.90 Å². The fourth-order valence-electron chi connectivity index (χ4n) is 1.76. The van der Waals surface area contributed by atoms with E-state index in [0.717, 1.165) is 11.8 Å². The summed E-state index contributed by atoms with van der Waals surface area (Å²) in [5, 5.41) is 11.5. The van der Waals surface area contributed by atoms with Crippen molar-refractivity contribution in [3.63, 3.8) is 0 Å². The summed E-state index contributed by atoms with van der Waals surface area (Å²) in [6.45, 7) is -0.444. The number of carbonyl (C=O) groups is 2. The number of non-ortho nitro benzene ring substituents is 1. The molecular weight excluding hydrogens is 389 g/mol. The van der Waals surface area contributed by atoms with Gasteiger partial charge in [0.1, 0.15) is 0 Å². The van der Waals surface area contributed by atoms with E-state index in [2.05, 4.69) is 0 Å². The maximum Gasteiger partial charge on any atom is 0.316 e. The minimum atomic E-state index is -0.587. The van der Waals surface area contributed by atoms with Gasteiger partial charge in [0.25, 0.3) is 5.69 Å². The number of halogens is 2. The molecule has 0 saturated carbocycles. The normalized spacial score (nSPS) is 10.3. The van der Waals surface area contributed by atoms with E-state index in [1.54, 1.807) is 18.2 Å². The number of nitro benzene ring substituents is 1. The van der Waals surface area contributed by atoms with E-state index in [-0.39, 0.29) is 17.0 Å². The van der Waals surface area contributed by atoms with Gasteiger partial charge in [-0.15, -0.1) is 11.8 Å². The average molecular weight is 400 g/mol. The minimum Gasteiger partial charge on any atom is -0.457 e. The van der Waals surface area contributed by atoms with E-state index in [1.165, 1.54) is 24.3 Å². The van der Waals surface area contributed by atoms with Gasteiger partial charge in [-0.25, -0.2) is 0 Å². The lowest BCUT2D eigenvalue weighted by atomic mass is 10.1. The number of hydrogen-bond donors (Lipinski definition) is 0. The van der Waals surface area contributed by atoms with Gasteiger partial charge in [0.05, 0.1) is 15.7 Å². The molecule has 0 bridgehead atoms. The molecule has 25 heavy (non-hydrogen) atoms. The molecule has 0 aliphatic carbocycles. The van der Waals surface area contributed by atoms with Crippen molar-refractivity contribution in [1.29, 1.82) is 0 Å². The summed E-state index contributed by atoms with van der Waals surface area (Å²) in [6, 6.07) is 9.94. The number of ether oxygens (including phenoxy) is 1. The Labute approximate surface area is 157 Å². The maximum absolute atomic E-state index is 11.9. The standard InChI is InChI=1S/C16H11Cl2NO5S/c17-11-3-6-13(18)15(7-11)25-9-16(21)24-8-14(20)10-1-4-12(5-2-10)19(22)23/h1-7H,8-9H2. The molecule has 6 nitrogen and oxygen atoms in total. The second-order valence-corrected chi connectivity index (χ2v) is 6.61. The first-order valence-corrected chi connectivity index (χ1v) is 8.62. The maximum atomic E-state index is 11.9. The molecule has 0 unspecified atom stereocenters. The molecule has 2 rings (SSSR count). The number of nitro groups is 1. The summed E-state index contributed by atoms with van der Waals surface area (Å²) >= 11 is 13.0. The molecule has 2 aromatic rings. The van der Waals surface area contributed by atoms with E-state index < -0.39 is 23.3 Å². The predicted octanol–water partition coefficient (Wildman–Crippen LogP) is 4.42. The Hall–Kier alpha value is -2.09. The number of nitrogens with zero attached hydrogens (tertiary/aromatic N) is 1. The molecule has 0 aliphatic rings. The molecule has 2 aromatic carbocycles. The number of esters is 1. The molecule has 0 N–H and O–H groups in total. The number of hydrogen-bond acceptors (Lipinski definition) is 6. The summed E-state index contributed by atoms with van der Waals surface area (Å²) in [5.41, 5.74) is 0.104. The summed E-state index contributed by atoms with van der Waals surface area (Å²) in [4.78, 5) is 34.3. The van der Waals surface area contributed by atoms with Gasteiger partial charge < -0.3 is 4.74 Å². The second kappa shape index (κ2) is 8.84. The van der Waals surface area contributed by atoms with Crippen molar-refractivity contribution in [3.05, 3.63) is 68.2 Å². The van der Waals surface area contributed by atoms with Gasteiger partial charge in [-0.1, -0.05) is 23.2 Å². The molecular formula is C16H11Cl2NO5S. The van der Waals surface area contributed by atoms with Crippen LogP contribution in [0.1, 0.15) is 10.4 Å². The van der Waals surface area contributed by atoms with Crippen LogP contribution in [-0.4, -0.2) is 29.0 Å². The van der Waals surface area contributed by atoms with E-state index in [1.807, 2.05) is 0 Å². The van der Waals surface area contributed by atoms with Crippen LogP contribution in [0, 0.1) is 10.1 Å². The summed E-state index contributed by atoms with van der Waals surface area (Å²) in [6.07, 6.45) is 0. The smallest absolute Gasteiger partial charge is 0.316 e. The highest BCUT2D eigenvalue weighted by Gasteiger charge is 2.13. The first-order chi connectivity index (χ1) is 11.9. The summed E-state index contributed by atoms with van der Waals surface area (Å²) in [5.74, 6) is -1.07. The van der Waals surface area contributed by atoms with Crippen molar-refractivity contribution < 1.29 is 19.2 Å². The lowest BCUT2D eigenvalue weighted by Gasteiger charge is -2.06. The fourth-order valence-corrected chi connectivity index (χ4v) is 3.06. The topological polar surface area (TPSA) is 86.5 Å². The zero-order chi connectivity index (χ0) is 18.4. The van der Waals surface area contributed by atoms with Gasteiger partial charge in [0.2, 0.25) is 0 Å². The Morgan fingerprint density at radius 2 is 1.80 bits per heavy atom. The first-order valence-electron chi connectivity index (χ1n) is 6.88. The van der Waals surface area contributed by atoms with E-state index >= 15 is 0 Å². The molecule has 0 atom stereocenters. The van der Waals surface area contributed by atoms with Crippen LogP contribution in [0.3, 0.4) is 0 Å². The van der Waals surface area contributed by atoms with Crippen LogP contribution in [0.5, 0.6) is 0 Å². The molecule has 9 heteroatoms. The third-order valence-electron chi connectivity index (χ3n) is 3.00. The van der Waals surface area contributed by atoms with Crippen molar-refractivity contribution >= 4 is 52.4 Å². The third-order valence-corrected chi connectivity index (χ3v) is 4.71. The van der Waals surface area contributed by atoms with Gasteiger partial charge in [0.15, 0.2) is 12.4 Å². The molecule has 0 radical (unpaired) electrons. The molecule has 0 heterocycles. The van der Waals surface area contributed by atoms with Gasteiger partial charge >= 0.3 is 5.97 Å². The molecule has 0 saturated heterocycles. The zero-order valence-electron chi connectivity index (χ0n) is 12.6. The first kappa shape index (κ1) is 19.2. The van der Waals surface area contributed by atoms with Crippen molar-refractivity contribution in [2.75, 3.05) is 12.4 Å². The summed E-state index contributed by atoms with van der Waals surface area (Å²) in [7, 11) is 0. The quantitative estimate of drug-likeness (QED) is 0.225. The van der Waals surface area contributed by atoms with Crippen molar-refractivity contribution in [3.8, 4) is 0 Å². The van der Waals surface area contributed by atoms with Crippen LogP contribution in [0.2, 0.25) is 10.0 Å². The Balaban J connectivity index is 1.84. The highest BCUT2D eigenvalue weighted by molar-refractivity contribution is 8.00. The number of rotatable bonds is 7. The zero-order valence-corrected chi connectivity index (χ0v) is 14.9. The highest BCUT2D eigenvalue weighted by atomic mass is 35.5. The van der Waals surface area contributed by atoms with E-state index in [9.17, 15) is 19.7 Å². The van der Waals surface area contributed by atoms with Crippen molar-refractivity contribution in [1.82, 2.24) is 0 Å². The third kappa shape index (κ3) is 5.74. The second-order valence-electron chi connectivity index (χ2n) is 4.75. The lowest BCUT2D eigenvalue weighted by Crippen LogP contribution is -2.15. The number of carbonyl (C=O) groups excluding carboxylic acids is 2. The van der Waals surface area contributed by atoms with Gasteiger partial charge in [-0.2, -0.15) is 0 Å². The predicted molar refractivity (Wildman–Crippen MR) is 95.6 cm³/mol. The van der Waals surface area contributed by atoms with Crippen LogP contribution >= 0.6 is 35.0 Å². The molecule has 0 amide bonds. The fraction of sp³-hybridized carbons (Fsp3) is 0.125. The van der Waals surface area contributed by atoms with Gasteiger partial charge in [-0.3, -0.25) is 19.7 Å². The molecule has 0 spiro atoms. The summed E-state index contributed by atoms with van der Waals surface area (Å²) < 4.78 is 4.91. The minimum absolute atomic E-state index is 0.0341. The van der Waals surface area contributed by atoms with E-state index in [0.29, 0.717) is 14.9 Å². The Morgan fingerprint density at radius 1 is 1.12 bits per heavy atom. The Morgan fingerprint density at radius 3 is 2.44 bits per heavy atom. The van der Waals surface area contributed by atoms with Crippen LogP contribution in [-0.2, 0) is 9.53 Å². The highest BCUT2D eigenvalue weighted by Crippen LogP contribution is 2.29. The van der Waals surface area contributed by atoms with Crippen LogP contribution in [0.4, 0.5) is 5.69 Å². The SMILES string of the molecule is O=C(CSc1cc(Cl)ccc1Cl)OCC(=O)c1ccc([N+](=O)[O-])cc1.